The number of rotatable bonds is 4. The first-order valence-electron chi connectivity index (χ1n) is 4.32. The molecule has 7 heteroatoms. The van der Waals surface area contributed by atoms with Crippen LogP contribution in [0.2, 0.25) is 0 Å². The van der Waals surface area contributed by atoms with E-state index in [1.165, 1.54) is 6.21 Å². The Morgan fingerprint density at radius 3 is 2.75 bits per heavy atom. The van der Waals surface area contributed by atoms with Crippen molar-refractivity contribution in [3.8, 4) is 5.75 Å². The molecule has 0 saturated heterocycles. The molecular weight excluding hydrogens is 298 g/mol. The van der Waals surface area contributed by atoms with Crippen molar-refractivity contribution in [1.82, 2.24) is 0 Å². The summed E-state index contributed by atoms with van der Waals surface area (Å²) in [7, 11) is -3.98. The molecule has 0 atom stereocenters. The van der Waals surface area contributed by atoms with Crippen LogP contribution in [0.1, 0.15) is 5.56 Å². The summed E-state index contributed by atoms with van der Waals surface area (Å²) in [4.78, 5) is 3.78. The van der Waals surface area contributed by atoms with Crippen LogP contribution in [0.25, 0.3) is 0 Å². The van der Waals surface area contributed by atoms with Crippen molar-refractivity contribution < 1.29 is 18.1 Å². The number of phenolic OH excluding ortho intramolecular Hbond substituents is 1. The van der Waals surface area contributed by atoms with E-state index in [4.69, 9.17) is 4.55 Å². The molecule has 1 aromatic carbocycles. The number of aromatic hydroxyl groups is 1. The third kappa shape index (κ3) is 4.30. The summed E-state index contributed by atoms with van der Waals surface area (Å²) in [6, 6.07) is 5.02. The van der Waals surface area contributed by atoms with Gasteiger partial charge in [0.1, 0.15) is 5.75 Å². The lowest BCUT2D eigenvalue weighted by molar-refractivity contribution is 0.471. The SMILES string of the molecule is O=S(=O)(O)CCN=Cc1cccc(Br)c1O. The third-order valence-corrected chi connectivity index (χ3v) is 3.07. The monoisotopic (exact) mass is 307 g/mol. The molecule has 0 aromatic heterocycles. The van der Waals surface area contributed by atoms with Crippen LogP contribution in [-0.4, -0.2) is 36.6 Å². The molecule has 0 aliphatic carbocycles. The molecule has 0 fully saturated rings. The van der Waals surface area contributed by atoms with Gasteiger partial charge in [0, 0.05) is 11.8 Å². The second kappa shape index (κ2) is 5.42. The van der Waals surface area contributed by atoms with E-state index in [9.17, 15) is 13.5 Å². The van der Waals surface area contributed by atoms with Gasteiger partial charge in [-0.1, -0.05) is 6.07 Å². The maximum atomic E-state index is 10.4. The Hall–Kier alpha value is -0.920. The Labute approximate surface area is 102 Å². The third-order valence-electron chi connectivity index (χ3n) is 1.73. The summed E-state index contributed by atoms with van der Waals surface area (Å²) in [5.41, 5.74) is 0.477. The van der Waals surface area contributed by atoms with Crippen LogP contribution in [0, 0.1) is 0 Å². The van der Waals surface area contributed by atoms with E-state index < -0.39 is 15.9 Å². The van der Waals surface area contributed by atoms with Gasteiger partial charge in [0.15, 0.2) is 0 Å². The molecule has 0 bridgehead atoms. The molecule has 0 heterocycles. The number of phenols is 1. The summed E-state index contributed by atoms with van der Waals surface area (Å²) in [5, 5.41) is 9.55. The van der Waals surface area contributed by atoms with Gasteiger partial charge in [0.05, 0.1) is 16.8 Å². The van der Waals surface area contributed by atoms with E-state index >= 15 is 0 Å². The second-order valence-electron chi connectivity index (χ2n) is 3.00. The van der Waals surface area contributed by atoms with Crippen LogP contribution < -0.4 is 0 Å². The van der Waals surface area contributed by atoms with E-state index in [1.54, 1.807) is 18.2 Å². The highest BCUT2D eigenvalue weighted by Crippen LogP contribution is 2.25. The fourth-order valence-corrected chi connectivity index (χ4v) is 1.68. The lowest BCUT2D eigenvalue weighted by Crippen LogP contribution is -2.06. The van der Waals surface area contributed by atoms with Crippen molar-refractivity contribution in [3.05, 3.63) is 28.2 Å². The van der Waals surface area contributed by atoms with Crippen molar-refractivity contribution in [2.75, 3.05) is 12.3 Å². The number of hydrogen-bond donors (Lipinski definition) is 2. The summed E-state index contributed by atoms with van der Waals surface area (Å²) in [6.07, 6.45) is 1.35. The Balaban J connectivity index is 2.67. The number of para-hydroxylation sites is 1. The highest BCUT2D eigenvalue weighted by molar-refractivity contribution is 9.10. The molecule has 0 aliphatic heterocycles. The molecule has 16 heavy (non-hydrogen) atoms. The first-order valence-corrected chi connectivity index (χ1v) is 6.73. The maximum Gasteiger partial charge on any atom is 0.266 e. The van der Waals surface area contributed by atoms with Crippen molar-refractivity contribution in [1.29, 1.82) is 0 Å². The van der Waals surface area contributed by atoms with Gasteiger partial charge in [0.25, 0.3) is 10.1 Å². The van der Waals surface area contributed by atoms with E-state index in [0.717, 1.165) is 0 Å². The van der Waals surface area contributed by atoms with Gasteiger partial charge in [-0.2, -0.15) is 8.42 Å². The van der Waals surface area contributed by atoms with Crippen LogP contribution >= 0.6 is 15.9 Å². The lowest BCUT2D eigenvalue weighted by Gasteiger charge is -2.00. The predicted octanol–water partition coefficient (Wildman–Crippen LogP) is 1.46. The summed E-state index contributed by atoms with van der Waals surface area (Å²) in [5.74, 6) is -0.392. The zero-order valence-electron chi connectivity index (χ0n) is 8.17. The van der Waals surface area contributed by atoms with Crippen molar-refractivity contribution >= 4 is 32.3 Å². The maximum absolute atomic E-state index is 10.4. The molecular formula is C9H10BrNO4S. The quantitative estimate of drug-likeness (QED) is 0.651. The second-order valence-corrected chi connectivity index (χ2v) is 5.43. The predicted molar refractivity (Wildman–Crippen MR) is 64.7 cm³/mol. The minimum atomic E-state index is -3.98. The molecule has 1 rings (SSSR count). The van der Waals surface area contributed by atoms with E-state index in [1.807, 2.05) is 0 Å². The van der Waals surface area contributed by atoms with Gasteiger partial charge in [0.2, 0.25) is 0 Å². The number of benzene rings is 1. The molecule has 0 aliphatic rings. The summed E-state index contributed by atoms with van der Waals surface area (Å²) in [6.45, 7) is -0.0508. The largest absolute Gasteiger partial charge is 0.506 e. The molecule has 0 amide bonds. The molecule has 0 spiro atoms. The lowest BCUT2D eigenvalue weighted by atomic mass is 10.2. The van der Waals surface area contributed by atoms with Gasteiger partial charge in [-0.05, 0) is 28.1 Å². The minimum Gasteiger partial charge on any atom is -0.506 e. The average Bonchev–Trinajstić information content (AvgIpc) is 2.17. The summed E-state index contributed by atoms with van der Waals surface area (Å²) < 4.78 is 29.8. The molecule has 0 saturated carbocycles. The molecule has 1 aromatic rings. The van der Waals surface area contributed by atoms with Gasteiger partial charge >= 0.3 is 0 Å². The number of aliphatic imine (C=N–C) groups is 1. The van der Waals surface area contributed by atoms with Gasteiger partial charge in [-0.3, -0.25) is 9.55 Å². The Bertz CT molecular complexity index is 498. The Morgan fingerprint density at radius 1 is 1.44 bits per heavy atom. The minimum absolute atomic E-state index is 0.0399. The summed E-state index contributed by atoms with van der Waals surface area (Å²) >= 11 is 3.14. The first-order chi connectivity index (χ1) is 7.40. The highest BCUT2D eigenvalue weighted by Gasteiger charge is 2.03. The zero-order chi connectivity index (χ0) is 12.2. The van der Waals surface area contributed by atoms with Crippen molar-refractivity contribution in [2.45, 2.75) is 0 Å². The van der Waals surface area contributed by atoms with Gasteiger partial charge in [-0.25, -0.2) is 0 Å². The number of halogens is 1. The van der Waals surface area contributed by atoms with Gasteiger partial charge < -0.3 is 5.11 Å². The first kappa shape index (κ1) is 13.1. The average molecular weight is 308 g/mol. The standard InChI is InChI=1S/C9H10BrNO4S/c10-8-3-1-2-7(9(8)12)6-11-4-5-16(13,14)15/h1-3,6,12H,4-5H2,(H,13,14,15). The van der Waals surface area contributed by atoms with Crippen LogP contribution in [0.5, 0.6) is 5.75 Å². The highest BCUT2D eigenvalue weighted by atomic mass is 79.9. The van der Waals surface area contributed by atoms with Crippen LogP contribution in [0.3, 0.4) is 0 Å². The van der Waals surface area contributed by atoms with Crippen LogP contribution in [-0.2, 0) is 10.1 Å². The molecule has 88 valence electrons. The normalized spacial score (nSPS) is 12.1. The van der Waals surface area contributed by atoms with Gasteiger partial charge in [-0.15, -0.1) is 0 Å². The molecule has 0 unspecified atom stereocenters. The number of nitrogens with zero attached hydrogens (tertiary/aromatic N) is 1. The van der Waals surface area contributed by atoms with Crippen molar-refractivity contribution in [3.63, 3.8) is 0 Å². The Morgan fingerprint density at radius 2 is 2.12 bits per heavy atom. The van der Waals surface area contributed by atoms with E-state index in [0.29, 0.717) is 10.0 Å². The molecule has 2 N–H and O–H groups in total. The van der Waals surface area contributed by atoms with Crippen LogP contribution in [0.15, 0.2) is 27.7 Å². The topological polar surface area (TPSA) is 87.0 Å². The fourth-order valence-electron chi connectivity index (χ4n) is 0.967. The molecule has 5 nitrogen and oxygen atoms in total. The molecule has 0 radical (unpaired) electrons. The Kier molecular flexibility index (Phi) is 4.45. The van der Waals surface area contributed by atoms with Crippen molar-refractivity contribution in [2.24, 2.45) is 4.99 Å². The fraction of sp³-hybridized carbons (Fsp3) is 0.222. The van der Waals surface area contributed by atoms with E-state index in [-0.39, 0.29) is 12.3 Å². The number of hydrogen-bond acceptors (Lipinski definition) is 4. The zero-order valence-corrected chi connectivity index (χ0v) is 10.6. The van der Waals surface area contributed by atoms with Crippen LogP contribution in [0.4, 0.5) is 0 Å². The van der Waals surface area contributed by atoms with E-state index in [2.05, 4.69) is 20.9 Å². The smallest absolute Gasteiger partial charge is 0.266 e.